The monoisotopic (exact) mass is 532 g/mol. The van der Waals surface area contributed by atoms with Crippen LogP contribution in [0.2, 0.25) is 0 Å². The van der Waals surface area contributed by atoms with E-state index in [0.717, 1.165) is 17.1 Å². The standard InChI is InChI=1S/C28H40N2O6S/c1-4-6-7-18-37-19-16-30(28(33)29-23-9-8-10-25(21-23)34-3)15-17-36-24-13-11-22(12-14-24)20-26(27(31)32)35-5-2/h8-14,21,26H,4-7,15-20H2,1-3H3,(H,29,33)(H,31,32). The Kier molecular flexibility index (Phi) is 14.4. The summed E-state index contributed by atoms with van der Waals surface area (Å²) in [4.78, 5) is 26.1. The van der Waals surface area contributed by atoms with Gasteiger partial charge in [-0.1, -0.05) is 38.0 Å². The largest absolute Gasteiger partial charge is 0.497 e. The summed E-state index contributed by atoms with van der Waals surface area (Å²) in [6.45, 7) is 5.69. The Labute approximate surface area is 224 Å². The second kappa shape index (κ2) is 17.5. The molecule has 0 saturated carbocycles. The summed E-state index contributed by atoms with van der Waals surface area (Å²) >= 11 is 1.86. The molecular weight excluding hydrogens is 492 g/mol. The van der Waals surface area contributed by atoms with Gasteiger partial charge in [0.25, 0.3) is 0 Å². The first-order chi connectivity index (χ1) is 18.0. The van der Waals surface area contributed by atoms with E-state index in [1.54, 1.807) is 25.0 Å². The predicted molar refractivity (Wildman–Crippen MR) is 149 cm³/mol. The number of methoxy groups -OCH3 is 1. The van der Waals surface area contributed by atoms with Gasteiger partial charge < -0.3 is 29.5 Å². The van der Waals surface area contributed by atoms with E-state index in [1.807, 2.05) is 54.2 Å². The number of anilines is 1. The number of nitrogens with one attached hydrogen (secondary N) is 1. The molecule has 0 bridgehead atoms. The summed E-state index contributed by atoms with van der Waals surface area (Å²) < 4.78 is 16.4. The van der Waals surface area contributed by atoms with Gasteiger partial charge in [-0.05, 0) is 48.9 Å². The molecule has 1 unspecified atom stereocenters. The number of carbonyl (C=O) groups is 2. The Balaban J connectivity index is 1.91. The van der Waals surface area contributed by atoms with Crippen LogP contribution in [-0.4, -0.2) is 73.0 Å². The number of benzene rings is 2. The number of unbranched alkanes of at least 4 members (excludes halogenated alkanes) is 2. The quantitative estimate of drug-likeness (QED) is 0.243. The molecule has 204 valence electrons. The van der Waals surface area contributed by atoms with Gasteiger partial charge >= 0.3 is 12.0 Å². The fraction of sp³-hybridized carbons (Fsp3) is 0.500. The molecule has 2 aromatic rings. The molecule has 0 fully saturated rings. The maximum Gasteiger partial charge on any atom is 0.333 e. The maximum atomic E-state index is 13.0. The van der Waals surface area contributed by atoms with E-state index in [-0.39, 0.29) is 12.5 Å². The number of hydrogen-bond acceptors (Lipinski definition) is 6. The molecule has 2 rings (SSSR count). The minimum absolute atomic E-state index is 0.183. The van der Waals surface area contributed by atoms with Gasteiger partial charge in [-0.25, -0.2) is 9.59 Å². The van der Waals surface area contributed by atoms with Crippen LogP contribution in [0.1, 0.15) is 38.7 Å². The lowest BCUT2D eigenvalue weighted by Crippen LogP contribution is -2.39. The van der Waals surface area contributed by atoms with Crippen molar-refractivity contribution in [1.82, 2.24) is 4.90 Å². The van der Waals surface area contributed by atoms with E-state index in [4.69, 9.17) is 14.2 Å². The molecule has 0 heterocycles. The van der Waals surface area contributed by atoms with Crippen molar-refractivity contribution in [3.05, 3.63) is 54.1 Å². The van der Waals surface area contributed by atoms with Gasteiger partial charge in [0.1, 0.15) is 18.1 Å². The zero-order chi connectivity index (χ0) is 26.9. The van der Waals surface area contributed by atoms with Gasteiger partial charge in [-0.15, -0.1) is 0 Å². The normalized spacial score (nSPS) is 11.5. The Morgan fingerprint density at radius 1 is 1.03 bits per heavy atom. The van der Waals surface area contributed by atoms with Gasteiger partial charge in [0, 0.05) is 37.1 Å². The molecule has 0 aliphatic carbocycles. The number of carbonyl (C=O) groups excluding carboxylic acids is 1. The number of aliphatic carboxylic acids is 1. The van der Waals surface area contributed by atoms with E-state index in [9.17, 15) is 14.7 Å². The van der Waals surface area contributed by atoms with Gasteiger partial charge in [0.2, 0.25) is 0 Å². The van der Waals surface area contributed by atoms with E-state index >= 15 is 0 Å². The molecule has 2 amide bonds. The zero-order valence-corrected chi connectivity index (χ0v) is 22.9. The highest BCUT2D eigenvalue weighted by Gasteiger charge is 2.18. The number of carboxylic acid groups (broad SMARTS) is 1. The highest BCUT2D eigenvalue weighted by Crippen LogP contribution is 2.18. The van der Waals surface area contributed by atoms with Crippen LogP contribution >= 0.6 is 11.8 Å². The lowest BCUT2D eigenvalue weighted by Gasteiger charge is -2.23. The van der Waals surface area contributed by atoms with E-state index < -0.39 is 12.1 Å². The second-order valence-electron chi connectivity index (χ2n) is 8.45. The molecular formula is C28H40N2O6S. The molecule has 8 nitrogen and oxygen atoms in total. The maximum absolute atomic E-state index is 13.0. The summed E-state index contributed by atoms with van der Waals surface area (Å²) in [5.41, 5.74) is 1.53. The summed E-state index contributed by atoms with van der Waals surface area (Å²) in [5.74, 6) is 2.31. The van der Waals surface area contributed by atoms with Gasteiger partial charge in [0.05, 0.1) is 13.7 Å². The van der Waals surface area contributed by atoms with Crippen molar-refractivity contribution in [3.8, 4) is 11.5 Å². The molecule has 1 atom stereocenters. The topological polar surface area (TPSA) is 97.3 Å². The van der Waals surface area contributed by atoms with Gasteiger partial charge in [-0.2, -0.15) is 11.8 Å². The first-order valence-electron chi connectivity index (χ1n) is 12.8. The summed E-state index contributed by atoms with van der Waals surface area (Å²) in [6, 6.07) is 14.4. The van der Waals surface area contributed by atoms with Crippen molar-refractivity contribution in [2.75, 3.05) is 50.2 Å². The summed E-state index contributed by atoms with van der Waals surface area (Å²) in [6.07, 6.45) is 3.03. The van der Waals surface area contributed by atoms with Crippen LogP contribution < -0.4 is 14.8 Å². The Hall–Kier alpha value is -2.91. The summed E-state index contributed by atoms with van der Waals surface area (Å²) in [5, 5.41) is 12.2. The Morgan fingerprint density at radius 2 is 1.81 bits per heavy atom. The van der Waals surface area contributed by atoms with Gasteiger partial charge in [0.15, 0.2) is 6.10 Å². The molecule has 2 N–H and O–H groups in total. The van der Waals surface area contributed by atoms with Crippen molar-refractivity contribution in [1.29, 1.82) is 0 Å². The molecule has 0 spiro atoms. The van der Waals surface area contributed by atoms with Crippen molar-refractivity contribution in [3.63, 3.8) is 0 Å². The smallest absolute Gasteiger partial charge is 0.333 e. The van der Waals surface area contributed by atoms with Crippen LogP contribution in [0.5, 0.6) is 11.5 Å². The first kappa shape index (κ1) is 30.3. The number of ether oxygens (including phenoxy) is 3. The van der Waals surface area contributed by atoms with Crippen LogP contribution in [0.15, 0.2) is 48.5 Å². The Bertz CT molecular complexity index is 941. The number of amides is 2. The van der Waals surface area contributed by atoms with Crippen LogP contribution in [0, 0.1) is 0 Å². The number of thioether (sulfide) groups is 1. The van der Waals surface area contributed by atoms with Crippen molar-refractivity contribution in [2.24, 2.45) is 0 Å². The van der Waals surface area contributed by atoms with Crippen LogP contribution in [0.3, 0.4) is 0 Å². The molecule has 2 aromatic carbocycles. The zero-order valence-electron chi connectivity index (χ0n) is 22.1. The average Bonchev–Trinajstić information content (AvgIpc) is 2.90. The van der Waals surface area contributed by atoms with Crippen molar-refractivity contribution in [2.45, 2.75) is 45.6 Å². The minimum Gasteiger partial charge on any atom is -0.497 e. The fourth-order valence-corrected chi connectivity index (χ4v) is 4.54. The molecule has 9 heteroatoms. The third kappa shape index (κ3) is 11.8. The fourth-order valence-electron chi connectivity index (χ4n) is 3.58. The van der Waals surface area contributed by atoms with E-state index in [2.05, 4.69) is 12.2 Å². The van der Waals surface area contributed by atoms with E-state index in [0.29, 0.717) is 43.5 Å². The average molecular weight is 533 g/mol. The Morgan fingerprint density at radius 3 is 2.49 bits per heavy atom. The molecule has 0 aromatic heterocycles. The van der Waals surface area contributed by atoms with Crippen molar-refractivity contribution >= 4 is 29.4 Å². The van der Waals surface area contributed by atoms with Crippen LogP contribution in [-0.2, 0) is 16.0 Å². The molecule has 0 aliphatic heterocycles. The molecule has 0 radical (unpaired) electrons. The molecule has 0 aliphatic rings. The number of carboxylic acids is 1. The van der Waals surface area contributed by atoms with E-state index in [1.165, 1.54) is 19.3 Å². The first-order valence-corrected chi connectivity index (χ1v) is 14.0. The highest BCUT2D eigenvalue weighted by molar-refractivity contribution is 7.99. The number of urea groups is 1. The summed E-state index contributed by atoms with van der Waals surface area (Å²) in [7, 11) is 1.59. The number of nitrogens with zero attached hydrogens (tertiary/aromatic N) is 1. The third-order valence-corrected chi connectivity index (χ3v) is 6.67. The second-order valence-corrected chi connectivity index (χ2v) is 9.67. The third-order valence-electron chi connectivity index (χ3n) is 5.62. The lowest BCUT2D eigenvalue weighted by molar-refractivity contribution is -0.149. The molecule has 0 saturated heterocycles. The predicted octanol–water partition coefficient (Wildman–Crippen LogP) is 5.56. The minimum atomic E-state index is -0.974. The number of hydrogen-bond donors (Lipinski definition) is 2. The highest BCUT2D eigenvalue weighted by atomic mass is 32.2. The van der Waals surface area contributed by atoms with Crippen LogP contribution in [0.4, 0.5) is 10.5 Å². The molecule has 37 heavy (non-hydrogen) atoms. The van der Waals surface area contributed by atoms with Crippen molar-refractivity contribution < 1.29 is 28.9 Å². The number of rotatable bonds is 18. The van der Waals surface area contributed by atoms with Crippen LogP contribution in [0.25, 0.3) is 0 Å². The SMILES string of the molecule is CCCCCSCCN(CCOc1ccc(CC(OCC)C(=O)O)cc1)C(=O)Nc1cccc(OC)c1. The lowest BCUT2D eigenvalue weighted by atomic mass is 10.1. The van der Waals surface area contributed by atoms with Gasteiger partial charge in [-0.3, -0.25) is 0 Å².